The molecule has 0 radical (unpaired) electrons. The first-order valence-electron chi connectivity index (χ1n) is 9.58. The van der Waals surface area contributed by atoms with Crippen LogP contribution in [0.15, 0.2) is 79.1 Å². The molecule has 0 fully saturated rings. The Kier molecular flexibility index (Phi) is 9.32. The summed E-state index contributed by atoms with van der Waals surface area (Å²) >= 11 is 0. The molecule has 154 valence electrons. The molecule has 0 atom stereocenters. The minimum Gasteiger partial charge on any atom is -1.00 e. The van der Waals surface area contributed by atoms with E-state index in [1.165, 1.54) is 39.9 Å². The summed E-state index contributed by atoms with van der Waals surface area (Å²) < 4.78 is 0. The van der Waals surface area contributed by atoms with Gasteiger partial charge in [0.25, 0.3) is 0 Å². The Labute approximate surface area is 205 Å². The first-order valence-corrected chi connectivity index (χ1v) is 10.9. The van der Waals surface area contributed by atoms with Gasteiger partial charge in [0.15, 0.2) is 0 Å². The number of rotatable bonds is 3. The van der Waals surface area contributed by atoms with E-state index in [1.807, 2.05) is 24.5 Å². The van der Waals surface area contributed by atoms with Crippen LogP contribution in [0.4, 0.5) is 0 Å². The molecule has 0 bridgehead atoms. The molecule has 0 unspecified atom stereocenters. The number of benzene rings is 1. The van der Waals surface area contributed by atoms with Crippen LogP contribution in [0.25, 0.3) is 27.3 Å². The van der Waals surface area contributed by atoms with Gasteiger partial charge in [-0.05, 0) is 66.4 Å². The van der Waals surface area contributed by atoms with E-state index in [-0.39, 0.29) is 45.9 Å². The van der Waals surface area contributed by atoms with Crippen LogP contribution < -0.4 is 24.8 Å². The molecule has 2 nitrogen and oxygen atoms in total. The van der Waals surface area contributed by atoms with Crippen molar-refractivity contribution in [2.24, 2.45) is 0 Å². The van der Waals surface area contributed by atoms with E-state index in [9.17, 15) is 0 Å². The fraction of sp³-hybridized carbons (Fsp3) is 0.167. The minimum atomic E-state index is -0.636. The molecule has 3 heterocycles. The molecule has 0 saturated heterocycles. The summed E-state index contributed by atoms with van der Waals surface area (Å²) in [7, 11) is -0.636. The predicted molar refractivity (Wildman–Crippen MR) is 114 cm³/mol. The van der Waals surface area contributed by atoms with Crippen LogP contribution in [0.3, 0.4) is 0 Å². The van der Waals surface area contributed by atoms with Crippen LogP contribution in [-0.4, -0.2) is 9.97 Å². The van der Waals surface area contributed by atoms with Crippen molar-refractivity contribution in [1.82, 2.24) is 9.97 Å². The van der Waals surface area contributed by atoms with E-state index < -0.39 is 7.53 Å². The maximum Gasteiger partial charge on any atom is 4.00 e. The van der Waals surface area contributed by atoms with Gasteiger partial charge in [-0.25, -0.2) is 0 Å². The zero-order valence-electron chi connectivity index (χ0n) is 16.2. The third-order valence-electron chi connectivity index (χ3n) is 5.32. The first kappa shape index (κ1) is 24.8. The van der Waals surface area contributed by atoms with Crippen molar-refractivity contribution in [2.45, 2.75) is 25.7 Å². The van der Waals surface area contributed by atoms with Gasteiger partial charge in [0.05, 0.1) is 11.4 Å². The Bertz CT molecular complexity index is 1000. The average Bonchev–Trinajstić information content (AvgIpc) is 3.11. The molecule has 1 aliphatic rings. The topological polar surface area (TPSA) is 25.8 Å². The fourth-order valence-corrected chi connectivity index (χ4v) is 7.16. The Morgan fingerprint density at radius 3 is 1.50 bits per heavy atom. The summed E-state index contributed by atoms with van der Waals surface area (Å²) in [5.74, 6) is 0. The van der Waals surface area contributed by atoms with Crippen LogP contribution in [0, 0.1) is 0 Å². The van der Waals surface area contributed by atoms with Gasteiger partial charge in [0.2, 0.25) is 0 Å². The number of nitrogens with zero attached hydrogens (tertiary/aromatic N) is 2. The fourth-order valence-electron chi connectivity index (χ4n) is 4.19. The van der Waals surface area contributed by atoms with E-state index in [0.29, 0.717) is 0 Å². The maximum absolute atomic E-state index is 4.77. The van der Waals surface area contributed by atoms with E-state index in [4.69, 9.17) is 9.97 Å². The van der Waals surface area contributed by atoms with Crippen LogP contribution in [-0.2, 0) is 33.9 Å². The number of fused-ring (bicyclic) bond motifs is 1. The smallest absolute Gasteiger partial charge is 1.00 e. The SMILES string of the molecule is [Cl-].[Cl-].[Pt+4].c1ccc(-p2c(-c3ccccn3)c3c(c2-c2ccccn2)CCCC3)cc1. The third kappa shape index (κ3) is 4.58. The summed E-state index contributed by atoms with van der Waals surface area (Å²) in [6.07, 6.45) is 8.68. The Morgan fingerprint density at radius 2 is 1.07 bits per heavy atom. The Morgan fingerprint density at radius 1 is 0.600 bits per heavy atom. The normalized spacial score (nSPS) is 12.0. The van der Waals surface area contributed by atoms with Gasteiger partial charge in [-0.1, -0.05) is 50.0 Å². The average molecular weight is 634 g/mol. The van der Waals surface area contributed by atoms with Gasteiger partial charge in [0, 0.05) is 23.0 Å². The van der Waals surface area contributed by atoms with Crippen LogP contribution in [0.2, 0.25) is 0 Å². The van der Waals surface area contributed by atoms with Gasteiger partial charge in [0.1, 0.15) is 0 Å². The molecule has 0 N–H and O–H groups in total. The summed E-state index contributed by atoms with van der Waals surface area (Å²) in [4.78, 5) is 9.53. The number of hydrogen-bond acceptors (Lipinski definition) is 2. The number of hydrogen-bond donors (Lipinski definition) is 0. The maximum atomic E-state index is 4.77. The standard InChI is InChI=1S/C24H21N2P.2ClH.Pt/c1-2-10-18(11-3-1)27-23(21-14-6-8-16-25-21)19-12-4-5-13-20(19)24(27)22-15-7-9-17-26-22;;;/h1-3,6-11,14-17H,4-5,12-13H2;2*1H;/q;;;+4/p-2. The third-order valence-corrected chi connectivity index (χ3v) is 8.02. The second-order valence-corrected chi connectivity index (χ2v) is 9.04. The van der Waals surface area contributed by atoms with Gasteiger partial charge in [-0.3, -0.25) is 9.97 Å². The molecule has 1 aliphatic carbocycles. The minimum absolute atomic E-state index is 0. The molecule has 3 aromatic heterocycles. The van der Waals surface area contributed by atoms with E-state index in [2.05, 4.69) is 54.6 Å². The number of pyridine rings is 2. The monoisotopic (exact) mass is 633 g/mol. The Hall–Kier alpha value is -1.43. The van der Waals surface area contributed by atoms with Gasteiger partial charge in [-0.2, -0.15) is 0 Å². The molecular weight excluding hydrogens is 613 g/mol. The second-order valence-electron chi connectivity index (χ2n) is 6.96. The zero-order chi connectivity index (χ0) is 18.1. The molecule has 0 aliphatic heterocycles. The van der Waals surface area contributed by atoms with Gasteiger partial charge in [-0.15, -0.1) is 0 Å². The van der Waals surface area contributed by atoms with Crippen LogP contribution in [0.5, 0.6) is 0 Å². The van der Waals surface area contributed by atoms with Crippen LogP contribution in [0.1, 0.15) is 24.0 Å². The molecule has 6 heteroatoms. The molecule has 0 spiro atoms. The Balaban J connectivity index is 0.00000107. The molecule has 30 heavy (non-hydrogen) atoms. The quantitative estimate of drug-likeness (QED) is 0.332. The van der Waals surface area contributed by atoms with Gasteiger partial charge >= 0.3 is 21.1 Å². The number of aromatic nitrogens is 2. The second kappa shape index (κ2) is 11.3. The van der Waals surface area contributed by atoms with Gasteiger partial charge < -0.3 is 24.8 Å². The van der Waals surface area contributed by atoms with Crippen molar-refractivity contribution < 1.29 is 45.9 Å². The van der Waals surface area contributed by atoms with E-state index in [0.717, 1.165) is 24.2 Å². The molecule has 1 aromatic carbocycles. The summed E-state index contributed by atoms with van der Waals surface area (Å²) in [5, 5.41) is 4.29. The summed E-state index contributed by atoms with van der Waals surface area (Å²) in [6, 6.07) is 23.5. The molecule has 0 saturated carbocycles. The predicted octanol–water partition coefficient (Wildman–Crippen LogP) is 0.671. The summed E-state index contributed by atoms with van der Waals surface area (Å²) in [5.41, 5.74) is 5.34. The molecular formula is C24H21Cl2N2PPt+2. The van der Waals surface area contributed by atoms with Crippen molar-refractivity contribution >= 4 is 7.53 Å². The molecule has 5 rings (SSSR count). The van der Waals surface area contributed by atoms with Crippen molar-refractivity contribution in [2.75, 3.05) is 0 Å². The molecule has 4 aromatic rings. The van der Waals surface area contributed by atoms with Crippen molar-refractivity contribution in [1.29, 1.82) is 0 Å². The number of halogens is 2. The van der Waals surface area contributed by atoms with Crippen molar-refractivity contribution in [3.05, 3.63) is 90.3 Å². The van der Waals surface area contributed by atoms with E-state index >= 15 is 0 Å². The summed E-state index contributed by atoms with van der Waals surface area (Å²) in [6.45, 7) is 0. The van der Waals surface area contributed by atoms with Crippen molar-refractivity contribution in [3.8, 4) is 27.3 Å². The van der Waals surface area contributed by atoms with E-state index in [1.54, 1.807) is 0 Å². The largest absolute Gasteiger partial charge is 4.00 e. The van der Waals surface area contributed by atoms with Crippen molar-refractivity contribution in [3.63, 3.8) is 0 Å². The first-order chi connectivity index (χ1) is 13.4. The zero-order valence-corrected chi connectivity index (χ0v) is 20.9. The van der Waals surface area contributed by atoms with Crippen LogP contribution >= 0.6 is 7.53 Å². The molecule has 0 amide bonds.